The highest BCUT2D eigenvalue weighted by molar-refractivity contribution is 5.38. The average Bonchev–Trinajstić information content (AvgIpc) is 2.30. The van der Waals surface area contributed by atoms with Gasteiger partial charge in [0.2, 0.25) is 0 Å². The van der Waals surface area contributed by atoms with Crippen LogP contribution in [0.2, 0.25) is 0 Å². The van der Waals surface area contributed by atoms with E-state index < -0.39 is 0 Å². The molecule has 1 aromatic rings. The monoisotopic (exact) mass is 238 g/mol. The van der Waals surface area contributed by atoms with Crippen molar-refractivity contribution in [3.63, 3.8) is 0 Å². The molecule has 4 nitrogen and oxygen atoms in total. The van der Waals surface area contributed by atoms with Crippen LogP contribution in [0.4, 0.5) is 0 Å². The Hall–Kier alpha value is -1.10. The lowest BCUT2D eigenvalue weighted by atomic mass is 10.0. The minimum Gasteiger partial charge on any atom is -0.494 e. The summed E-state index contributed by atoms with van der Waals surface area (Å²) in [6.45, 7) is 3.36. The van der Waals surface area contributed by atoms with Gasteiger partial charge in [0.15, 0.2) is 0 Å². The number of nitrogens with zero attached hydrogens (tertiary/aromatic N) is 1. The van der Waals surface area contributed by atoms with Crippen LogP contribution in [0.15, 0.2) is 18.2 Å². The molecule has 0 spiro atoms. The first-order chi connectivity index (χ1) is 8.08. The van der Waals surface area contributed by atoms with Gasteiger partial charge in [0.1, 0.15) is 5.75 Å². The highest BCUT2D eigenvalue weighted by Crippen LogP contribution is 2.23. The Kier molecular flexibility index (Phi) is 5.41. The molecule has 3 N–H and O–H groups in total. The Morgan fingerprint density at radius 1 is 1.41 bits per heavy atom. The van der Waals surface area contributed by atoms with Gasteiger partial charge in [-0.1, -0.05) is 6.07 Å². The van der Waals surface area contributed by atoms with E-state index >= 15 is 0 Å². The Bertz CT molecular complexity index is 353. The molecule has 1 atom stereocenters. The molecule has 17 heavy (non-hydrogen) atoms. The molecule has 1 aromatic carbocycles. The third kappa shape index (κ3) is 4.00. The SMILES string of the molecule is CCOc1ccc([C@@H](N)CO)cc1CN(C)C. The third-order valence-electron chi connectivity index (χ3n) is 2.50. The number of benzene rings is 1. The number of hydrogen-bond acceptors (Lipinski definition) is 4. The zero-order chi connectivity index (χ0) is 12.8. The molecule has 0 saturated heterocycles. The second-order valence-electron chi connectivity index (χ2n) is 4.33. The van der Waals surface area contributed by atoms with Gasteiger partial charge in [-0.15, -0.1) is 0 Å². The molecule has 0 radical (unpaired) electrons. The molecule has 0 aliphatic heterocycles. The molecule has 0 heterocycles. The van der Waals surface area contributed by atoms with Crippen molar-refractivity contribution in [2.45, 2.75) is 19.5 Å². The second-order valence-corrected chi connectivity index (χ2v) is 4.33. The predicted octanol–water partition coefficient (Wildman–Crippen LogP) is 1.14. The lowest BCUT2D eigenvalue weighted by Gasteiger charge is -2.17. The van der Waals surface area contributed by atoms with Crippen molar-refractivity contribution in [3.05, 3.63) is 29.3 Å². The molecule has 0 saturated carbocycles. The van der Waals surface area contributed by atoms with Crippen molar-refractivity contribution >= 4 is 0 Å². The summed E-state index contributed by atoms with van der Waals surface area (Å²) in [6.07, 6.45) is 0. The maximum atomic E-state index is 9.07. The number of nitrogens with two attached hydrogens (primary N) is 1. The minimum atomic E-state index is -0.327. The zero-order valence-corrected chi connectivity index (χ0v) is 10.8. The summed E-state index contributed by atoms with van der Waals surface area (Å²) in [7, 11) is 4.02. The van der Waals surface area contributed by atoms with Crippen LogP contribution >= 0.6 is 0 Å². The van der Waals surface area contributed by atoms with Crippen molar-refractivity contribution in [1.29, 1.82) is 0 Å². The lowest BCUT2D eigenvalue weighted by molar-refractivity contribution is 0.267. The number of aliphatic hydroxyl groups excluding tert-OH is 1. The largest absolute Gasteiger partial charge is 0.494 e. The molecular weight excluding hydrogens is 216 g/mol. The summed E-state index contributed by atoms with van der Waals surface area (Å²) in [4.78, 5) is 2.08. The maximum absolute atomic E-state index is 9.07. The molecule has 96 valence electrons. The van der Waals surface area contributed by atoms with E-state index in [0.717, 1.165) is 23.4 Å². The molecule has 0 aliphatic rings. The minimum absolute atomic E-state index is 0.0462. The van der Waals surface area contributed by atoms with E-state index in [0.29, 0.717) is 6.61 Å². The van der Waals surface area contributed by atoms with Crippen molar-refractivity contribution in [1.82, 2.24) is 4.90 Å². The predicted molar refractivity (Wildman–Crippen MR) is 69.0 cm³/mol. The number of aliphatic hydroxyl groups is 1. The molecule has 0 fully saturated rings. The van der Waals surface area contributed by atoms with Crippen LogP contribution in [0, 0.1) is 0 Å². The van der Waals surface area contributed by atoms with Gasteiger partial charge in [-0.3, -0.25) is 0 Å². The van der Waals surface area contributed by atoms with E-state index in [2.05, 4.69) is 4.90 Å². The van der Waals surface area contributed by atoms with Gasteiger partial charge in [0, 0.05) is 12.1 Å². The van der Waals surface area contributed by atoms with Crippen LogP contribution in [0.5, 0.6) is 5.75 Å². The van der Waals surface area contributed by atoms with Crippen LogP contribution in [-0.2, 0) is 6.54 Å². The lowest BCUT2D eigenvalue weighted by Crippen LogP contribution is -2.16. The van der Waals surface area contributed by atoms with E-state index in [4.69, 9.17) is 15.6 Å². The van der Waals surface area contributed by atoms with Crippen molar-refractivity contribution in [2.24, 2.45) is 5.73 Å². The maximum Gasteiger partial charge on any atom is 0.123 e. The Balaban J connectivity index is 3.00. The van der Waals surface area contributed by atoms with Gasteiger partial charge >= 0.3 is 0 Å². The van der Waals surface area contributed by atoms with Gasteiger partial charge in [-0.2, -0.15) is 0 Å². The molecule has 0 aromatic heterocycles. The molecule has 0 amide bonds. The first-order valence-electron chi connectivity index (χ1n) is 5.85. The standard InChI is InChI=1S/C13H22N2O2/c1-4-17-13-6-5-10(12(14)9-16)7-11(13)8-15(2)3/h5-7,12,16H,4,8-9,14H2,1-3H3/t12-/m0/s1. The molecular formula is C13H22N2O2. The molecule has 0 aliphatic carbocycles. The van der Waals surface area contributed by atoms with Crippen LogP contribution < -0.4 is 10.5 Å². The van der Waals surface area contributed by atoms with Crippen molar-refractivity contribution < 1.29 is 9.84 Å². The Morgan fingerprint density at radius 3 is 2.65 bits per heavy atom. The number of hydrogen-bond donors (Lipinski definition) is 2. The fourth-order valence-corrected chi connectivity index (χ4v) is 1.70. The summed E-state index contributed by atoms with van der Waals surface area (Å²) >= 11 is 0. The fraction of sp³-hybridized carbons (Fsp3) is 0.538. The van der Waals surface area contributed by atoms with Crippen LogP contribution in [0.25, 0.3) is 0 Å². The summed E-state index contributed by atoms with van der Waals surface area (Å²) in [5.74, 6) is 0.884. The van der Waals surface area contributed by atoms with E-state index in [-0.39, 0.29) is 12.6 Å². The van der Waals surface area contributed by atoms with Crippen LogP contribution in [0.1, 0.15) is 24.1 Å². The smallest absolute Gasteiger partial charge is 0.123 e. The average molecular weight is 238 g/mol. The summed E-state index contributed by atoms with van der Waals surface area (Å²) < 4.78 is 5.58. The highest BCUT2D eigenvalue weighted by Gasteiger charge is 2.10. The highest BCUT2D eigenvalue weighted by atomic mass is 16.5. The Labute approximate surface area is 103 Å². The first kappa shape index (κ1) is 14.0. The summed E-state index contributed by atoms with van der Waals surface area (Å²) in [6, 6.07) is 5.51. The topological polar surface area (TPSA) is 58.7 Å². The van der Waals surface area contributed by atoms with E-state index in [9.17, 15) is 0 Å². The Morgan fingerprint density at radius 2 is 2.12 bits per heavy atom. The van der Waals surface area contributed by atoms with E-state index in [1.165, 1.54) is 0 Å². The number of rotatable bonds is 6. The van der Waals surface area contributed by atoms with Crippen LogP contribution in [0.3, 0.4) is 0 Å². The van der Waals surface area contributed by atoms with Crippen LogP contribution in [-0.4, -0.2) is 37.3 Å². The quantitative estimate of drug-likeness (QED) is 0.780. The first-order valence-corrected chi connectivity index (χ1v) is 5.85. The fourth-order valence-electron chi connectivity index (χ4n) is 1.70. The van der Waals surface area contributed by atoms with Gasteiger partial charge in [0.05, 0.1) is 19.3 Å². The van der Waals surface area contributed by atoms with Gasteiger partial charge in [-0.05, 0) is 38.7 Å². The molecule has 0 bridgehead atoms. The summed E-state index contributed by atoms with van der Waals surface area (Å²) in [5.41, 5.74) is 7.85. The zero-order valence-electron chi connectivity index (χ0n) is 10.8. The molecule has 0 unspecified atom stereocenters. The van der Waals surface area contributed by atoms with Crippen molar-refractivity contribution in [3.8, 4) is 5.75 Å². The normalized spacial score (nSPS) is 12.8. The van der Waals surface area contributed by atoms with Gasteiger partial charge in [-0.25, -0.2) is 0 Å². The van der Waals surface area contributed by atoms with Gasteiger partial charge in [0.25, 0.3) is 0 Å². The van der Waals surface area contributed by atoms with E-state index in [1.54, 1.807) is 0 Å². The third-order valence-corrected chi connectivity index (χ3v) is 2.50. The summed E-state index contributed by atoms with van der Waals surface area (Å²) in [5, 5.41) is 9.07. The second kappa shape index (κ2) is 6.59. The van der Waals surface area contributed by atoms with Gasteiger partial charge < -0.3 is 20.5 Å². The van der Waals surface area contributed by atoms with E-state index in [1.807, 2.05) is 39.2 Å². The van der Waals surface area contributed by atoms with Crippen molar-refractivity contribution in [2.75, 3.05) is 27.3 Å². The molecule has 1 rings (SSSR count). The molecule has 4 heteroatoms. The number of ether oxygens (including phenoxy) is 1.